The monoisotopic (exact) mass is 393 g/mol. The van der Waals surface area contributed by atoms with Gasteiger partial charge >= 0.3 is 5.92 Å². The standard InChI is InChI=1S/C21H29F2N3O2/c1-5-12-26(6-2)15-21(22,23)19-8-7-9-20(25-19)24-14-16-10-11-17(27-3)13-18(16)28-4/h7-11,13H,5-6,12,14-15H2,1-4H3,(H,24,25). The van der Waals surface area contributed by atoms with E-state index in [0.29, 0.717) is 37.0 Å². The van der Waals surface area contributed by atoms with Crippen LogP contribution in [0.1, 0.15) is 31.5 Å². The number of benzene rings is 1. The third-order valence-corrected chi connectivity index (χ3v) is 4.49. The molecule has 0 amide bonds. The molecule has 0 unspecified atom stereocenters. The van der Waals surface area contributed by atoms with Crippen molar-refractivity contribution in [3.63, 3.8) is 0 Å². The topological polar surface area (TPSA) is 46.6 Å². The molecule has 7 heteroatoms. The average Bonchev–Trinajstić information content (AvgIpc) is 2.71. The largest absolute Gasteiger partial charge is 0.497 e. The molecule has 0 atom stereocenters. The van der Waals surface area contributed by atoms with Gasteiger partial charge in [-0.1, -0.05) is 19.9 Å². The molecule has 2 rings (SSSR count). The van der Waals surface area contributed by atoms with E-state index in [2.05, 4.69) is 10.3 Å². The maximum atomic E-state index is 14.7. The quantitative estimate of drug-likeness (QED) is 0.608. The van der Waals surface area contributed by atoms with Crippen LogP contribution in [-0.2, 0) is 12.5 Å². The smallest absolute Gasteiger partial charge is 0.302 e. The van der Waals surface area contributed by atoms with Crippen LogP contribution in [0.5, 0.6) is 11.5 Å². The second kappa shape index (κ2) is 10.2. The van der Waals surface area contributed by atoms with Crippen molar-refractivity contribution in [2.75, 3.05) is 39.2 Å². The van der Waals surface area contributed by atoms with Crippen molar-refractivity contribution >= 4 is 5.82 Å². The van der Waals surface area contributed by atoms with E-state index in [1.165, 1.54) is 6.07 Å². The summed E-state index contributed by atoms with van der Waals surface area (Å²) >= 11 is 0. The van der Waals surface area contributed by atoms with Gasteiger partial charge in [0.05, 0.1) is 20.8 Å². The third kappa shape index (κ3) is 5.79. The van der Waals surface area contributed by atoms with Gasteiger partial charge in [-0.25, -0.2) is 4.98 Å². The van der Waals surface area contributed by atoms with E-state index in [9.17, 15) is 8.78 Å². The first-order valence-corrected chi connectivity index (χ1v) is 9.46. The van der Waals surface area contributed by atoms with Crippen LogP contribution in [0, 0.1) is 0 Å². The fourth-order valence-electron chi connectivity index (χ4n) is 2.95. The van der Waals surface area contributed by atoms with Crippen molar-refractivity contribution in [3.8, 4) is 11.5 Å². The molecule has 0 aliphatic heterocycles. The number of hydrogen-bond donors (Lipinski definition) is 1. The van der Waals surface area contributed by atoms with Crippen molar-refractivity contribution in [2.24, 2.45) is 0 Å². The fourth-order valence-corrected chi connectivity index (χ4v) is 2.95. The number of alkyl halides is 2. The Morgan fingerprint density at radius 1 is 1.11 bits per heavy atom. The molecule has 1 heterocycles. The van der Waals surface area contributed by atoms with E-state index in [0.717, 1.165) is 12.0 Å². The molecule has 0 spiro atoms. The van der Waals surface area contributed by atoms with Crippen molar-refractivity contribution in [2.45, 2.75) is 32.7 Å². The Morgan fingerprint density at radius 3 is 2.54 bits per heavy atom. The van der Waals surface area contributed by atoms with Gasteiger partial charge in [0, 0.05) is 18.2 Å². The minimum absolute atomic E-state index is 0.228. The van der Waals surface area contributed by atoms with Gasteiger partial charge in [0.25, 0.3) is 0 Å². The van der Waals surface area contributed by atoms with Crippen molar-refractivity contribution in [1.82, 2.24) is 9.88 Å². The van der Waals surface area contributed by atoms with E-state index in [1.807, 2.05) is 26.0 Å². The number of halogens is 2. The Labute approximate surface area is 165 Å². The Bertz CT molecular complexity index is 756. The maximum absolute atomic E-state index is 14.7. The van der Waals surface area contributed by atoms with Gasteiger partial charge in [-0.15, -0.1) is 0 Å². The van der Waals surface area contributed by atoms with Crippen LogP contribution in [0.2, 0.25) is 0 Å². The molecule has 2 aromatic rings. The molecule has 0 aliphatic rings. The minimum Gasteiger partial charge on any atom is -0.497 e. The number of pyridine rings is 1. The summed E-state index contributed by atoms with van der Waals surface area (Å²) in [7, 11) is 3.16. The number of anilines is 1. The van der Waals surface area contributed by atoms with Crippen LogP contribution in [0.15, 0.2) is 36.4 Å². The van der Waals surface area contributed by atoms with Gasteiger partial charge < -0.3 is 14.8 Å². The van der Waals surface area contributed by atoms with E-state index in [1.54, 1.807) is 37.3 Å². The highest BCUT2D eigenvalue weighted by molar-refractivity contribution is 5.44. The first-order valence-electron chi connectivity index (χ1n) is 9.46. The highest BCUT2D eigenvalue weighted by Crippen LogP contribution is 2.29. The Morgan fingerprint density at radius 2 is 1.89 bits per heavy atom. The molecule has 28 heavy (non-hydrogen) atoms. The molecule has 0 fully saturated rings. The number of likely N-dealkylation sites (N-methyl/N-ethyl adjacent to an activating group) is 1. The van der Waals surface area contributed by atoms with Crippen molar-refractivity contribution < 1.29 is 18.3 Å². The van der Waals surface area contributed by atoms with Crippen LogP contribution in [0.4, 0.5) is 14.6 Å². The highest BCUT2D eigenvalue weighted by Gasteiger charge is 2.35. The number of nitrogens with one attached hydrogen (secondary N) is 1. The zero-order chi connectivity index (χ0) is 20.6. The van der Waals surface area contributed by atoms with Crippen LogP contribution in [-0.4, -0.2) is 43.7 Å². The van der Waals surface area contributed by atoms with Gasteiger partial charge in [-0.05, 0) is 43.8 Å². The normalized spacial score (nSPS) is 11.5. The van der Waals surface area contributed by atoms with Crippen LogP contribution < -0.4 is 14.8 Å². The van der Waals surface area contributed by atoms with Crippen LogP contribution >= 0.6 is 0 Å². The number of nitrogens with zero attached hydrogens (tertiary/aromatic N) is 2. The summed E-state index contributed by atoms with van der Waals surface area (Å²) < 4.78 is 39.9. The first-order chi connectivity index (χ1) is 13.4. The van der Waals surface area contributed by atoms with Gasteiger partial charge in [-0.3, -0.25) is 4.90 Å². The minimum atomic E-state index is -3.01. The Balaban J connectivity index is 2.11. The maximum Gasteiger partial charge on any atom is 0.302 e. The summed E-state index contributed by atoms with van der Waals surface area (Å²) in [6.45, 7) is 5.16. The van der Waals surface area contributed by atoms with Crippen molar-refractivity contribution in [1.29, 1.82) is 0 Å². The van der Waals surface area contributed by atoms with Crippen LogP contribution in [0.3, 0.4) is 0 Å². The van der Waals surface area contributed by atoms with E-state index in [4.69, 9.17) is 9.47 Å². The first kappa shape index (κ1) is 21.9. The molecule has 0 aliphatic carbocycles. The lowest BCUT2D eigenvalue weighted by Crippen LogP contribution is -2.36. The number of rotatable bonds is 11. The van der Waals surface area contributed by atoms with Gasteiger partial charge in [0.1, 0.15) is 23.0 Å². The lowest BCUT2D eigenvalue weighted by molar-refractivity contribution is -0.0405. The average molecular weight is 393 g/mol. The molecule has 154 valence electrons. The molecule has 0 radical (unpaired) electrons. The zero-order valence-electron chi connectivity index (χ0n) is 17.0. The molecule has 5 nitrogen and oxygen atoms in total. The second-order valence-electron chi connectivity index (χ2n) is 6.51. The van der Waals surface area contributed by atoms with E-state index < -0.39 is 5.92 Å². The lowest BCUT2D eigenvalue weighted by Gasteiger charge is -2.25. The summed E-state index contributed by atoms with van der Waals surface area (Å²) in [5, 5.41) is 3.10. The zero-order valence-corrected chi connectivity index (χ0v) is 17.0. The number of aromatic nitrogens is 1. The predicted octanol–water partition coefficient (Wildman–Crippen LogP) is 4.53. The lowest BCUT2D eigenvalue weighted by atomic mass is 10.1. The number of ether oxygens (including phenoxy) is 2. The van der Waals surface area contributed by atoms with E-state index in [-0.39, 0.29) is 12.2 Å². The summed E-state index contributed by atoms with van der Waals surface area (Å²) in [5.41, 5.74) is 0.649. The molecule has 1 N–H and O–H groups in total. The van der Waals surface area contributed by atoms with Crippen LogP contribution in [0.25, 0.3) is 0 Å². The molecular weight excluding hydrogens is 364 g/mol. The number of hydrogen-bond acceptors (Lipinski definition) is 5. The summed E-state index contributed by atoms with van der Waals surface area (Å²) in [5.74, 6) is -1.27. The molecule has 0 saturated carbocycles. The highest BCUT2D eigenvalue weighted by atomic mass is 19.3. The Kier molecular flexibility index (Phi) is 7.99. The van der Waals surface area contributed by atoms with E-state index >= 15 is 0 Å². The van der Waals surface area contributed by atoms with Crippen molar-refractivity contribution in [3.05, 3.63) is 47.7 Å². The predicted molar refractivity (Wildman–Crippen MR) is 107 cm³/mol. The second-order valence-corrected chi connectivity index (χ2v) is 6.51. The Hall–Kier alpha value is -2.41. The third-order valence-electron chi connectivity index (χ3n) is 4.49. The SMILES string of the molecule is CCCN(CC)CC(F)(F)c1cccc(NCc2ccc(OC)cc2OC)n1. The number of methoxy groups -OCH3 is 2. The molecule has 1 aromatic carbocycles. The fraction of sp³-hybridized carbons (Fsp3) is 0.476. The summed E-state index contributed by atoms with van der Waals surface area (Å²) in [4.78, 5) is 5.88. The van der Waals surface area contributed by atoms with Gasteiger partial charge in [-0.2, -0.15) is 8.78 Å². The summed E-state index contributed by atoms with van der Waals surface area (Å²) in [6, 6.07) is 10.1. The van der Waals surface area contributed by atoms with Gasteiger partial charge in [0.15, 0.2) is 0 Å². The molecule has 0 bridgehead atoms. The summed E-state index contributed by atoms with van der Waals surface area (Å²) in [6.07, 6.45) is 0.836. The molecule has 0 saturated heterocycles. The molecular formula is C21H29F2N3O2. The molecule has 1 aromatic heterocycles. The van der Waals surface area contributed by atoms with Gasteiger partial charge in [0.2, 0.25) is 0 Å².